The molecule has 1 unspecified atom stereocenters. The minimum atomic E-state index is -0.879. The van der Waals surface area contributed by atoms with Crippen molar-refractivity contribution in [1.29, 1.82) is 0 Å². The van der Waals surface area contributed by atoms with E-state index in [1.54, 1.807) is 30.5 Å². The van der Waals surface area contributed by atoms with Crippen LogP contribution in [0.15, 0.2) is 77.5 Å². The number of primary amides is 1. The summed E-state index contributed by atoms with van der Waals surface area (Å²) >= 11 is 6.54. The summed E-state index contributed by atoms with van der Waals surface area (Å²) in [6.07, 6.45) is 4.68. The molecule has 47 heavy (non-hydrogen) atoms. The van der Waals surface area contributed by atoms with Crippen LogP contribution in [0.3, 0.4) is 0 Å². The van der Waals surface area contributed by atoms with E-state index in [4.69, 9.17) is 31.2 Å². The summed E-state index contributed by atoms with van der Waals surface area (Å²) in [6, 6.07) is 19.0. The third-order valence-corrected chi connectivity index (χ3v) is 8.16. The van der Waals surface area contributed by atoms with Gasteiger partial charge in [-0.25, -0.2) is 14.4 Å². The molecule has 0 aliphatic carbocycles. The first kappa shape index (κ1) is 33.8. The molecular formula is C34H35ClFN5O5S. The van der Waals surface area contributed by atoms with Crippen molar-refractivity contribution in [3.8, 4) is 22.8 Å². The molecule has 0 spiro atoms. The van der Waals surface area contributed by atoms with E-state index < -0.39 is 10.8 Å². The first-order valence-electron chi connectivity index (χ1n) is 15.0. The molecule has 4 N–H and O–H groups in total. The fraction of sp³-hybridized carbons (Fsp3) is 0.265. The predicted molar refractivity (Wildman–Crippen MR) is 182 cm³/mol. The molecule has 5 aromatic rings. The summed E-state index contributed by atoms with van der Waals surface area (Å²) in [6.45, 7) is 1.62. The second-order valence-electron chi connectivity index (χ2n) is 10.8. The largest absolute Gasteiger partial charge is 0.493 e. The average molecular weight is 680 g/mol. The summed E-state index contributed by atoms with van der Waals surface area (Å²) < 4.78 is 43.1. The van der Waals surface area contributed by atoms with Crippen LogP contribution in [0.1, 0.15) is 30.6 Å². The third kappa shape index (κ3) is 9.74. The van der Waals surface area contributed by atoms with E-state index in [9.17, 15) is 13.4 Å². The van der Waals surface area contributed by atoms with Crippen LogP contribution in [0.4, 0.5) is 15.9 Å². The second kappa shape index (κ2) is 16.3. The second-order valence-corrected chi connectivity index (χ2v) is 12.7. The zero-order chi connectivity index (χ0) is 33.2. The van der Waals surface area contributed by atoms with Crippen molar-refractivity contribution in [2.45, 2.75) is 32.4 Å². The molecule has 3 aromatic carbocycles. The van der Waals surface area contributed by atoms with Crippen molar-refractivity contribution in [3.63, 3.8) is 0 Å². The molecule has 1 atom stereocenters. The average Bonchev–Trinajstić information content (AvgIpc) is 3.51. The number of halogens is 2. The number of fused-ring (bicyclic) bond motifs is 1. The lowest BCUT2D eigenvalue weighted by molar-refractivity contribution is -0.118. The number of hydrogen-bond donors (Lipinski definition) is 3. The molecule has 0 radical (unpaired) electrons. The zero-order valence-corrected chi connectivity index (χ0v) is 27.3. The quantitative estimate of drug-likeness (QED) is 0.0938. The van der Waals surface area contributed by atoms with Gasteiger partial charge in [-0.05, 0) is 66.9 Å². The van der Waals surface area contributed by atoms with Crippen molar-refractivity contribution < 1.29 is 27.3 Å². The van der Waals surface area contributed by atoms with Gasteiger partial charge in [0.15, 0.2) is 0 Å². The van der Waals surface area contributed by atoms with E-state index in [1.807, 2.05) is 30.3 Å². The molecule has 5 rings (SSSR count). The summed E-state index contributed by atoms with van der Waals surface area (Å²) in [7, 11) is -0.879. The Morgan fingerprint density at radius 3 is 2.70 bits per heavy atom. The first-order valence-corrected chi connectivity index (χ1v) is 17.1. The van der Waals surface area contributed by atoms with Gasteiger partial charge in [0.25, 0.3) is 0 Å². The van der Waals surface area contributed by atoms with Gasteiger partial charge in [-0.3, -0.25) is 9.00 Å². The minimum absolute atomic E-state index is 0.170. The molecule has 1 amide bonds. The lowest BCUT2D eigenvalue weighted by Gasteiger charge is -2.14. The van der Waals surface area contributed by atoms with E-state index in [-0.39, 0.29) is 18.3 Å². The zero-order valence-electron chi connectivity index (χ0n) is 25.8. The molecule has 246 valence electrons. The topological polar surface area (TPSA) is 142 Å². The van der Waals surface area contributed by atoms with Crippen LogP contribution in [0.25, 0.3) is 22.2 Å². The molecular weight excluding hydrogens is 645 g/mol. The lowest BCUT2D eigenvalue weighted by atomic mass is 10.1. The maximum Gasteiger partial charge on any atom is 0.217 e. The van der Waals surface area contributed by atoms with Crippen molar-refractivity contribution >= 4 is 50.7 Å². The number of anilines is 2. The highest BCUT2D eigenvalue weighted by atomic mass is 35.5. The van der Waals surface area contributed by atoms with Crippen molar-refractivity contribution in [3.05, 3.63) is 95.2 Å². The number of unbranched alkanes of at least 4 members (excludes halogenated alkanes) is 1. The first-order chi connectivity index (χ1) is 22.7. The van der Waals surface area contributed by atoms with Gasteiger partial charge in [0, 0.05) is 52.9 Å². The molecule has 0 saturated carbocycles. The molecule has 0 aliphatic rings. The van der Waals surface area contributed by atoms with E-state index in [2.05, 4.69) is 20.6 Å². The van der Waals surface area contributed by atoms with Crippen LogP contribution in [0.5, 0.6) is 11.5 Å². The standard InChI is InChI=1S/C34H35ClFN5O5S/c1-47(43)14-12-38-19-25-9-11-30(46-25)27-17-26-29(18-32(27)44-13-3-2-7-33(37)42)39-21-40-34(26)41-24-8-10-31(28(35)16-24)45-20-22-5-4-6-23(36)15-22/h4-6,8-11,15-18,21,38H,2-3,7,12-14,19-20H2,1H3,(H2,37,42)(H,39,40,41). The SMILES string of the molecule is CS(=O)CCNCc1ccc(-c2cc3c(Nc4ccc(OCc5cccc(F)c5)c(Cl)c4)ncnc3cc2OCCCCC(N)=O)o1. The highest BCUT2D eigenvalue weighted by molar-refractivity contribution is 7.84. The number of hydrogen-bond acceptors (Lipinski definition) is 9. The molecule has 0 bridgehead atoms. The molecule has 2 heterocycles. The minimum Gasteiger partial charge on any atom is -0.493 e. The Labute approximate surface area is 279 Å². The Bertz CT molecular complexity index is 1870. The normalized spacial score (nSPS) is 11.8. The molecule has 0 aliphatic heterocycles. The Morgan fingerprint density at radius 2 is 1.91 bits per heavy atom. The van der Waals surface area contributed by atoms with Crippen molar-refractivity contribution in [2.24, 2.45) is 5.73 Å². The number of ether oxygens (including phenoxy) is 2. The molecule has 2 aromatic heterocycles. The highest BCUT2D eigenvalue weighted by Crippen LogP contribution is 2.38. The fourth-order valence-corrected chi connectivity index (χ4v) is 5.41. The van der Waals surface area contributed by atoms with Gasteiger partial charge in [-0.1, -0.05) is 23.7 Å². The molecule has 10 nitrogen and oxygen atoms in total. The summed E-state index contributed by atoms with van der Waals surface area (Å²) in [4.78, 5) is 20.1. The molecule has 0 saturated heterocycles. The van der Waals surface area contributed by atoms with E-state index >= 15 is 0 Å². The number of rotatable bonds is 17. The number of amides is 1. The fourth-order valence-electron chi connectivity index (χ4n) is 4.74. The Morgan fingerprint density at radius 1 is 1.04 bits per heavy atom. The smallest absolute Gasteiger partial charge is 0.217 e. The summed E-state index contributed by atoms with van der Waals surface area (Å²) in [5, 5.41) is 7.65. The summed E-state index contributed by atoms with van der Waals surface area (Å²) in [5.74, 6) is 2.75. The van der Waals surface area contributed by atoms with Gasteiger partial charge >= 0.3 is 0 Å². The Hall–Kier alpha value is -4.52. The van der Waals surface area contributed by atoms with Gasteiger partial charge in [0.05, 0.1) is 29.3 Å². The Balaban J connectivity index is 1.38. The number of furan rings is 1. The van der Waals surface area contributed by atoms with Crippen LogP contribution < -0.4 is 25.8 Å². The van der Waals surface area contributed by atoms with Crippen molar-refractivity contribution in [2.75, 3.05) is 30.5 Å². The monoisotopic (exact) mass is 679 g/mol. The van der Waals surface area contributed by atoms with Gasteiger partial charge in [0.2, 0.25) is 5.91 Å². The van der Waals surface area contributed by atoms with E-state index in [0.29, 0.717) is 106 Å². The van der Waals surface area contributed by atoms with Crippen LogP contribution in [0.2, 0.25) is 5.02 Å². The van der Waals surface area contributed by atoms with Crippen molar-refractivity contribution in [1.82, 2.24) is 15.3 Å². The third-order valence-electron chi connectivity index (χ3n) is 7.08. The van der Waals surface area contributed by atoms with Gasteiger partial charge in [-0.2, -0.15) is 0 Å². The van der Waals surface area contributed by atoms with Crippen LogP contribution in [-0.4, -0.2) is 45.2 Å². The lowest BCUT2D eigenvalue weighted by Crippen LogP contribution is -2.19. The van der Waals surface area contributed by atoms with Crippen LogP contribution >= 0.6 is 11.6 Å². The molecule has 13 heteroatoms. The molecule has 0 fully saturated rings. The number of aromatic nitrogens is 2. The number of benzene rings is 3. The number of carbonyl (C=O) groups is 1. The highest BCUT2D eigenvalue weighted by Gasteiger charge is 2.17. The number of nitrogens with one attached hydrogen (secondary N) is 2. The van der Waals surface area contributed by atoms with Gasteiger partial charge < -0.3 is 30.3 Å². The van der Waals surface area contributed by atoms with Crippen LogP contribution in [-0.2, 0) is 28.7 Å². The number of carbonyl (C=O) groups excluding carboxylic acids is 1. The van der Waals surface area contributed by atoms with E-state index in [1.165, 1.54) is 18.5 Å². The van der Waals surface area contributed by atoms with E-state index in [0.717, 1.165) is 0 Å². The maximum absolute atomic E-state index is 13.5. The number of nitrogens with zero attached hydrogens (tertiary/aromatic N) is 2. The van der Waals surface area contributed by atoms with Gasteiger partial charge in [0.1, 0.15) is 47.6 Å². The Kier molecular flexibility index (Phi) is 11.8. The van der Waals surface area contributed by atoms with Gasteiger partial charge in [-0.15, -0.1) is 0 Å². The van der Waals surface area contributed by atoms with Crippen LogP contribution in [0, 0.1) is 5.82 Å². The maximum atomic E-state index is 13.5. The predicted octanol–water partition coefficient (Wildman–Crippen LogP) is 6.51. The number of nitrogens with two attached hydrogens (primary N) is 1. The summed E-state index contributed by atoms with van der Waals surface area (Å²) in [5.41, 5.74) is 7.97.